The summed E-state index contributed by atoms with van der Waals surface area (Å²) in [5.41, 5.74) is 0.966. The molecule has 0 saturated heterocycles. The minimum absolute atomic E-state index is 0.0261. The molecule has 1 aliphatic carbocycles. The Hall–Kier alpha value is -2.02. The normalized spacial score (nSPS) is 16.8. The van der Waals surface area contributed by atoms with Gasteiger partial charge in [0.15, 0.2) is 5.78 Å². The van der Waals surface area contributed by atoms with E-state index >= 15 is 0 Å². The number of hydrogen-bond donors (Lipinski definition) is 0. The predicted octanol–water partition coefficient (Wildman–Crippen LogP) is 2.14. The van der Waals surface area contributed by atoms with Crippen LogP contribution in [-0.2, 0) is 4.79 Å². The number of hydrogen-bond acceptors (Lipinski definition) is 4. The zero-order valence-corrected chi connectivity index (χ0v) is 9.47. The van der Waals surface area contributed by atoms with Crippen molar-refractivity contribution in [3.05, 3.63) is 29.6 Å². The Morgan fingerprint density at radius 3 is 2.76 bits per heavy atom. The number of carbonyl (C=O) groups is 1. The van der Waals surface area contributed by atoms with E-state index in [1.807, 2.05) is 6.07 Å². The van der Waals surface area contributed by atoms with Gasteiger partial charge in [0.05, 0.1) is 18.0 Å². The van der Waals surface area contributed by atoms with Crippen molar-refractivity contribution in [1.82, 2.24) is 10.2 Å². The van der Waals surface area contributed by atoms with Gasteiger partial charge in [0, 0.05) is 5.92 Å². The number of Topliss-reactive ketones (excluding diaryl/α,β-unsaturated/α-hetero) is 1. The summed E-state index contributed by atoms with van der Waals surface area (Å²) in [6.45, 7) is 0. The van der Waals surface area contributed by atoms with E-state index in [0.29, 0.717) is 0 Å². The van der Waals surface area contributed by atoms with Gasteiger partial charge in [0.1, 0.15) is 6.07 Å². The van der Waals surface area contributed by atoms with Crippen molar-refractivity contribution in [2.45, 2.75) is 25.7 Å². The standard InChI is InChI=1S/C13H13N3O/c14-8-12(7-10-5-6-15-16-9-10)13(17)11-3-1-2-4-11/h5-7,9,11H,1-4H2. The third-order valence-corrected chi connectivity index (χ3v) is 3.03. The van der Waals surface area contributed by atoms with Gasteiger partial charge in [-0.1, -0.05) is 12.8 Å². The van der Waals surface area contributed by atoms with Crippen molar-refractivity contribution in [3.8, 4) is 6.07 Å². The number of nitriles is 1. The summed E-state index contributed by atoms with van der Waals surface area (Å²) in [6, 6.07) is 3.72. The molecule has 0 aromatic carbocycles. The first-order valence-corrected chi connectivity index (χ1v) is 5.74. The van der Waals surface area contributed by atoms with Crippen LogP contribution in [-0.4, -0.2) is 16.0 Å². The molecule has 0 aliphatic heterocycles. The van der Waals surface area contributed by atoms with Gasteiger partial charge in [0.2, 0.25) is 0 Å². The quantitative estimate of drug-likeness (QED) is 0.586. The van der Waals surface area contributed by atoms with Crippen LogP contribution in [0.1, 0.15) is 31.2 Å². The van der Waals surface area contributed by atoms with Gasteiger partial charge in [-0.3, -0.25) is 4.79 Å². The smallest absolute Gasteiger partial charge is 0.176 e. The molecule has 4 heteroatoms. The Morgan fingerprint density at radius 2 is 2.18 bits per heavy atom. The van der Waals surface area contributed by atoms with Crippen molar-refractivity contribution < 1.29 is 4.79 Å². The SMILES string of the molecule is N#CC(=Cc1ccnnc1)C(=O)C1CCCC1. The molecule has 86 valence electrons. The van der Waals surface area contributed by atoms with Crippen LogP contribution in [0.15, 0.2) is 24.0 Å². The van der Waals surface area contributed by atoms with Crippen LogP contribution in [0.2, 0.25) is 0 Å². The molecular formula is C13H13N3O. The molecule has 4 nitrogen and oxygen atoms in total. The lowest BCUT2D eigenvalue weighted by molar-refractivity contribution is -0.118. The molecule has 2 rings (SSSR count). The van der Waals surface area contributed by atoms with Gasteiger partial charge in [-0.25, -0.2) is 0 Å². The minimum atomic E-state index is -0.0261. The molecule has 0 radical (unpaired) electrons. The summed E-state index contributed by atoms with van der Waals surface area (Å²) in [4.78, 5) is 12.1. The fourth-order valence-electron chi connectivity index (χ4n) is 2.12. The maximum Gasteiger partial charge on any atom is 0.176 e. The van der Waals surface area contributed by atoms with Gasteiger partial charge >= 0.3 is 0 Å². The lowest BCUT2D eigenvalue weighted by Gasteiger charge is -2.05. The van der Waals surface area contributed by atoms with E-state index in [1.165, 1.54) is 0 Å². The fourth-order valence-corrected chi connectivity index (χ4v) is 2.12. The number of rotatable bonds is 3. The highest BCUT2D eigenvalue weighted by atomic mass is 16.1. The van der Waals surface area contributed by atoms with Crippen LogP contribution in [0.5, 0.6) is 0 Å². The van der Waals surface area contributed by atoms with E-state index in [9.17, 15) is 4.79 Å². The van der Waals surface area contributed by atoms with Crippen molar-refractivity contribution in [3.63, 3.8) is 0 Å². The van der Waals surface area contributed by atoms with Gasteiger partial charge < -0.3 is 0 Å². The van der Waals surface area contributed by atoms with E-state index in [4.69, 9.17) is 5.26 Å². The van der Waals surface area contributed by atoms with Crippen molar-refractivity contribution in [2.24, 2.45) is 5.92 Å². The van der Waals surface area contributed by atoms with Gasteiger partial charge in [-0.15, -0.1) is 0 Å². The molecular weight excluding hydrogens is 214 g/mol. The number of allylic oxidation sites excluding steroid dienone is 1. The Morgan fingerprint density at radius 1 is 1.41 bits per heavy atom. The molecule has 0 amide bonds. The topological polar surface area (TPSA) is 66.6 Å². The van der Waals surface area contributed by atoms with Crippen molar-refractivity contribution >= 4 is 11.9 Å². The van der Waals surface area contributed by atoms with E-state index in [-0.39, 0.29) is 17.3 Å². The van der Waals surface area contributed by atoms with Gasteiger partial charge in [-0.2, -0.15) is 15.5 Å². The van der Waals surface area contributed by atoms with Gasteiger partial charge in [0.25, 0.3) is 0 Å². The molecule has 17 heavy (non-hydrogen) atoms. The average molecular weight is 227 g/mol. The van der Waals surface area contributed by atoms with Crippen LogP contribution < -0.4 is 0 Å². The second-order valence-corrected chi connectivity index (χ2v) is 4.19. The van der Waals surface area contributed by atoms with Gasteiger partial charge in [-0.05, 0) is 30.5 Å². The first kappa shape index (κ1) is 11.5. The molecule has 1 fully saturated rings. The molecule has 1 aromatic heterocycles. The van der Waals surface area contributed by atoms with Crippen LogP contribution in [0.3, 0.4) is 0 Å². The zero-order chi connectivity index (χ0) is 12.1. The monoisotopic (exact) mass is 227 g/mol. The van der Waals surface area contributed by atoms with Crippen LogP contribution in [0, 0.1) is 17.2 Å². The molecule has 0 bridgehead atoms. The lowest BCUT2D eigenvalue weighted by Crippen LogP contribution is -2.12. The molecule has 1 heterocycles. The van der Waals surface area contributed by atoms with E-state index in [1.54, 1.807) is 24.5 Å². The summed E-state index contributed by atoms with van der Waals surface area (Å²) < 4.78 is 0. The predicted molar refractivity (Wildman–Crippen MR) is 62.6 cm³/mol. The number of aromatic nitrogens is 2. The third-order valence-electron chi connectivity index (χ3n) is 3.03. The van der Waals surface area contributed by atoms with E-state index < -0.39 is 0 Å². The highest BCUT2D eigenvalue weighted by molar-refractivity contribution is 6.04. The maximum atomic E-state index is 12.1. The summed E-state index contributed by atoms with van der Waals surface area (Å²) in [6.07, 6.45) is 8.67. The minimum Gasteiger partial charge on any atom is -0.293 e. The second-order valence-electron chi connectivity index (χ2n) is 4.19. The zero-order valence-electron chi connectivity index (χ0n) is 9.47. The number of ketones is 1. The van der Waals surface area contributed by atoms with Crippen molar-refractivity contribution in [1.29, 1.82) is 5.26 Å². The second kappa shape index (κ2) is 5.35. The third kappa shape index (κ3) is 2.76. The Labute approximate surface area is 100.0 Å². The molecule has 1 aromatic rings. The van der Waals surface area contributed by atoms with Crippen LogP contribution >= 0.6 is 0 Å². The largest absolute Gasteiger partial charge is 0.293 e. The number of carbonyl (C=O) groups excluding carboxylic acids is 1. The molecule has 0 spiro atoms. The summed E-state index contributed by atoms with van der Waals surface area (Å²) >= 11 is 0. The molecule has 0 atom stereocenters. The summed E-state index contributed by atoms with van der Waals surface area (Å²) in [7, 11) is 0. The van der Waals surface area contributed by atoms with Crippen LogP contribution in [0.25, 0.3) is 6.08 Å². The Bertz CT molecular complexity index is 467. The van der Waals surface area contributed by atoms with Crippen molar-refractivity contribution in [2.75, 3.05) is 0 Å². The molecule has 1 saturated carbocycles. The highest BCUT2D eigenvalue weighted by Gasteiger charge is 2.25. The first-order valence-electron chi connectivity index (χ1n) is 5.74. The summed E-state index contributed by atoms with van der Waals surface area (Å²) in [5.74, 6) is 0.0116. The van der Waals surface area contributed by atoms with E-state index in [2.05, 4.69) is 10.2 Å². The highest BCUT2D eigenvalue weighted by Crippen LogP contribution is 2.28. The molecule has 1 aliphatic rings. The first-order chi connectivity index (χ1) is 8.31. The maximum absolute atomic E-state index is 12.1. The molecule has 0 unspecified atom stereocenters. The fraction of sp³-hybridized carbons (Fsp3) is 0.385. The average Bonchev–Trinajstić information content (AvgIpc) is 2.90. The molecule has 0 N–H and O–H groups in total. The Kier molecular flexibility index (Phi) is 3.61. The lowest BCUT2D eigenvalue weighted by atomic mass is 9.96. The number of nitrogens with zero attached hydrogens (tertiary/aromatic N) is 3. The van der Waals surface area contributed by atoms with E-state index in [0.717, 1.165) is 31.2 Å². The van der Waals surface area contributed by atoms with Crippen LogP contribution in [0.4, 0.5) is 0 Å². The Balaban J connectivity index is 2.19. The summed E-state index contributed by atoms with van der Waals surface area (Å²) in [5, 5.41) is 16.4.